The van der Waals surface area contributed by atoms with Crippen LogP contribution in [0.15, 0.2) is 18.2 Å². The first-order valence-electron chi connectivity index (χ1n) is 7.67. The summed E-state index contributed by atoms with van der Waals surface area (Å²) in [6, 6.07) is 6.66. The Bertz CT molecular complexity index is 651. The number of imidazole rings is 1. The zero-order valence-corrected chi connectivity index (χ0v) is 12.6. The van der Waals surface area contributed by atoms with Gasteiger partial charge in [-0.05, 0) is 50.8 Å². The number of benzene rings is 1. The quantitative estimate of drug-likeness (QED) is 0.925. The molecule has 1 aliphatic carbocycles. The predicted molar refractivity (Wildman–Crippen MR) is 82.2 cm³/mol. The Labute approximate surface area is 124 Å². The molecule has 1 unspecified atom stereocenters. The normalized spacial score (nSPS) is 26.5. The minimum atomic E-state index is 0.0466. The summed E-state index contributed by atoms with van der Waals surface area (Å²) in [6.07, 6.45) is 6.00. The standard InChI is InChI=1S/C16H20ClN3/c1-2-16(9-4-10-18-16)15-19-13-6-3-5-12(17)14(13)20(15)11-7-8-11/h3,5-6,11,18H,2,4,7-10H2,1H3. The lowest BCUT2D eigenvalue weighted by molar-refractivity contribution is 0.339. The first-order valence-corrected chi connectivity index (χ1v) is 8.05. The smallest absolute Gasteiger partial charge is 0.130 e. The number of nitrogens with zero attached hydrogens (tertiary/aromatic N) is 2. The van der Waals surface area contributed by atoms with E-state index in [0.29, 0.717) is 6.04 Å². The molecule has 4 rings (SSSR count). The molecule has 2 aliphatic rings. The second kappa shape index (κ2) is 4.47. The second-order valence-electron chi connectivity index (χ2n) is 6.11. The van der Waals surface area contributed by atoms with Gasteiger partial charge in [0.2, 0.25) is 0 Å². The third-order valence-corrected chi connectivity index (χ3v) is 5.15. The molecule has 0 amide bonds. The highest BCUT2D eigenvalue weighted by molar-refractivity contribution is 6.35. The van der Waals surface area contributed by atoms with Crippen molar-refractivity contribution < 1.29 is 0 Å². The Morgan fingerprint density at radius 2 is 2.30 bits per heavy atom. The van der Waals surface area contributed by atoms with Crippen molar-refractivity contribution in [2.24, 2.45) is 0 Å². The van der Waals surface area contributed by atoms with Crippen molar-refractivity contribution in [1.82, 2.24) is 14.9 Å². The van der Waals surface area contributed by atoms with Gasteiger partial charge in [-0.2, -0.15) is 0 Å². The number of fused-ring (bicyclic) bond motifs is 1. The molecule has 4 heteroatoms. The second-order valence-corrected chi connectivity index (χ2v) is 6.52. The zero-order valence-electron chi connectivity index (χ0n) is 11.8. The summed E-state index contributed by atoms with van der Waals surface area (Å²) < 4.78 is 2.43. The SMILES string of the molecule is CCC1(c2nc3cccc(Cl)c3n2C2CC2)CCCN1. The van der Waals surface area contributed by atoms with Crippen LogP contribution < -0.4 is 5.32 Å². The lowest BCUT2D eigenvalue weighted by Crippen LogP contribution is -2.38. The highest BCUT2D eigenvalue weighted by Gasteiger charge is 2.41. The largest absolute Gasteiger partial charge is 0.322 e. The maximum Gasteiger partial charge on any atom is 0.130 e. The topological polar surface area (TPSA) is 29.9 Å². The number of nitrogens with one attached hydrogen (secondary N) is 1. The molecule has 1 N–H and O–H groups in total. The Balaban J connectivity index is 1.99. The number of halogens is 1. The first-order chi connectivity index (χ1) is 9.75. The highest BCUT2D eigenvalue weighted by Crippen LogP contribution is 2.45. The van der Waals surface area contributed by atoms with Gasteiger partial charge in [-0.1, -0.05) is 24.6 Å². The molecule has 106 valence electrons. The van der Waals surface area contributed by atoms with E-state index in [2.05, 4.69) is 22.9 Å². The molecule has 3 nitrogen and oxygen atoms in total. The predicted octanol–water partition coefficient (Wildman–Crippen LogP) is 4.01. The van der Waals surface area contributed by atoms with E-state index in [4.69, 9.17) is 16.6 Å². The lowest BCUT2D eigenvalue weighted by atomic mass is 9.93. The molecule has 2 fully saturated rings. The monoisotopic (exact) mass is 289 g/mol. The summed E-state index contributed by atoms with van der Waals surface area (Å²) >= 11 is 6.46. The molecule has 1 aromatic carbocycles. The van der Waals surface area contributed by atoms with E-state index in [1.807, 2.05) is 12.1 Å². The van der Waals surface area contributed by atoms with Crippen LogP contribution in [0.4, 0.5) is 0 Å². The minimum Gasteiger partial charge on any atom is -0.322 e. The number of aromatic nitrogens is 2. The Morgan fingerprint density at radius 3 is 2.95 bits per heavy atom. The fourth-order valence-electron chi connectivity index (χ4n) is 3.59. The van der Waals surface area contributed by atoms with Crippen LogP contribution in [0.2, 0.25) is 5.02 Å². The van der Waals surface area contributed by atoms with Crippen molar-refractivity contribution in [2.45, 2.75) is 50.6 Å². The van der Waals surface area contributed by atoms with Crippen LogP contribution in [0, 0.1) is 0 Å². The molecular formula is C16H20ClN3. The zero-order chi connectivity index (χ0) is 13.7. The molecule has 0 radical (unpaired) electrons. The van der Waals surface area contributed by atoms with E-state index in [0.717, 1.165) is 29.0 Å². The number of hydrogen-bond donors (Lipinski definition) is 1. The molecule has 1 saturated carbocycles. The van der Waals surface area contributed by atoms with Gasteiger partial charge < -0.3 is 9.88 Å². The number of hydrogen-bond acceptors (Lipinski definition) is 2. The highest BCUT2D eigenvalue weighted by atomic mass is 35.5. The summed E-state index contributed by atoms with van der Waals surface area (Å²) in [5, 5.41) is 4.54. The average molecular weight is 290 g/mol. The summed E-state index contributed by atoms with van der Waals surface area (Å²) in [7, 11) is 0. The Kier molecular flexibility index (Phi) is 2.83. The molecule has 0 spiro atoms. The average Bonchev–Trinajstić information content (AvgIpc) is 3.04. The van der Waals surface area contributed by atoms with Crippen molar-refractivity contribution >= 4 is 22.6 Å². The van der Waals surface area contributed by atoms with E-state index in [1.54, 1.807) is 0 Å². The van der Waals surface area contributed by atoms with Crippen molar-refractivity contribution in [3.05, 3.63) is 29.0 Å². The van der Waals surface area contributed by atoms with Gasteiger partial charge >= 0.3 is 0 Å². The molecule has 1 saturated heterocycles. The van der Waals surface area contributed by atoms with Crippen molar-refractivity contribution in [3.63, 3.8) is 0 Å². The van der Waals surface area contributed by atoms with Gasteiger partial charge in [0, 0.05) is 6.04 Å². The van der Waals surface area contributed by atoms with Gasteiger partial charge in [-0.15, -0.1) is 0 Å². The summed E-state index contributed by atoms with van der Waals surface area (Å²) in [5.74, 6) is 1.21. The fourth-order valence-corrected chi connectivity index (χ4v) is 3.85. The van der Waals surface area contributed by atoms with E-state index < -0.39 is 0 Å². The summed E-state index contributed by atoms with van der Waals surface area (Å²) in [6.45, 7) is 3.35. The molecule has 1 aromatic heterocycles. The maximum absolute atomic E-state index is 6.46. The first kappa shape index (κ1) is 12.7. The molecular weight excluding hydrogens is 270 g/mol. The van der Waals surface area contributed by atoms with Crippen LogP contribution >= 0.6 is 11.6 Å². The molecule has 20 heavy (non-hydrogen) atoms. The van der Waals surface area contributed by atoms with Crippen LogP contribution in [0.5, 0.6) is 0 Å². The summed E-state index contributed by atoms with van der Waals surface area (Å²) in [5.41, 5.74) is 2.22. The third kappa shape index (κ3) is 1.73. The number of rotatable bonds is 3. The van der Waals surface area contributed by atoms with Gasteiger partial charge in [-0.25, -0.2) is 4.98 Å². The van der Waals surface area contributed by atoms with Crippen LogP contribution in [0.25, 0.3) is 11.0 Å². The van der Waals surface area contributed by atoms with Gasteiger partial charge in [0.15, 0.2) is 0 Å². The third-order valence-electron chi connectivity index (χ3n) is 4.85. The summed E-state index contributed by atoms with van der Waals surface area (Å²) in [4.78, 5) is 4.98. The van der Waals surface area contributed by atoms with E-state index in [9.17, 15) is 0 Å². The molecule has 2 aromatic rings. The van der Waals surface area contributed by atoms with Gasteiger partial charge in [0.25, 0.3) is 0 Å². The lowest BCUT2D eigenvalue weighted by Gasteiger charge is -2.28. The van der Waals surface area contributed by atoms with E-state index in [1.165, 1.54) is 31.5 Å². The van der Waals surface area contributed by atoms with E-state index in [-0.39, 0.29) is 5.54 Å². The van der Waals surface area contributed by atoms with Crippen LogP contribution in [-0.2, 0) is 5.54 Å². The molecule has 2 heterocycles. The van der Waals surface area contributed by atoms with Gasteiger partial charge in [0.1, 0.15) is 5.82 Å². The molecule has 1 aliphatic heterocycles. The van der Waals surface area contributed by atoms with Crippen LogP contribution in [0.1, 0.15) is 50.9 Å². The van der Waals surface area contributed by atoms with Crippen molar-refractivity contribution in [3.8, 4) is 0 Å². The molecule has 1 atom stereocenters. The van der Waals surface area contributed by atoms with Gasteiger partial charge in [-0.3, -0.25) is 0 Å². The van der Waals surface area contributed by atoms with Crippen molar-refractivity contribution in [2.75, 3.05) is 6.54 Å². The maximum atomic E-state index is 6.46. The molecule has 0 bridgehead atoms. The van der Waals surface area contributed by atoms with Gasteiger partial charge in [0.05, 0.1) is 21.6 Å². The fraction of sp³-hybridized carbons (Fsp3) is 0.562. The van der Waals surface area contributed by atoms with Crippen LogP contribution in [0.3, 0.4) is 0 Å². The van der Waals surface area contributed by atoms with E-state index >= 15 is 0 Å². The van der Waals surface area contributed by atoms with Crippen molar-refractivity contribution in [1.29, 1.82) is 0 Å². The Hall–Kier alpha value is -1.06. The minimum absolute atomic E-state index is 0.0466. The van der Waals surface area contributed by atoms with Crippen LogP contribution in [-0.4, -0.2) is 16.1 Å². The Morgan fingerprint density at radius 1 is 1.45 bits per heavy atom. The number of para-hydroxylation sites is 1.